The average Bonchev–Trinajstić information content (AvgIpc) is 2.84. The number of para-hydroxylation sites is 1. The zero-order chi connectivity index (χ0) is 28.5. The van der Waals surface area contributed by atoms with E-state index in [4.69, 9.17) is 16.9 Å². The summed E-state index contributed by atoms with van der Waals surface area (Å²) in [5, 5.41) is 5.30. The first-order valence-corrected chi connectivity index (χ1v) is 12.0. The highest BCUT2D eigenvalue weighted by molar-refractivity contribution is 6.00. The van der Waals surface area contributed by atoms with E-state index in [9.17, 15) is 19.2 Å². The smallest absolute Gasteiger partial charge is 0.408 e. The molecule has 0 saturated heterocycles. The van der Waals surface area contributed by atoms with E-state index in [-0.39, 0.29) is 12.8 Å². The normalized spacial score (nSPS) is 12.3. The number of carbonyl (C=O) groups excluding carboxylic acids is 4. The molecule has 9 nitrogen and oxygen atoms in total. The predicted octanol–water partition coefficient (Wildman–Crippen LogP) is 3.90. The molecular formula is C29H34N4O5. The van der Waals surface area contributed by atoms with Gasteiger partial charge in [-0.1, -0.05) is 55.5 Å². The lowest BCUT2D eigenvalue weighted by molar-refractivity contribution is -0.137. The third-order valence-electron chi connectivity index (χ3n) is 5.42. The maximum absolute atomic E-state index is 13.7. The van der Waals surface area contributed by atoms with Gasteiger partial charge in [-0.3, -0.25) is 19.3 Å². The Bertz CT molecular complexity index is 1240. The molecule has 0 bridgehead atoms. The molecule has 4 amide bonds. The van der Waals surface area contributed by atoms with E-state index in [1.54, 1.807) is 63.2 Å². The number of benzene rings is 2. The first-order valence-electron chi connectivity index (χ1n) is 12.0. The summed E-state index contributed by atoms with van der Waals surface area (Å²) >= 11 is 0. The van der Waals surface area contributed by atoms with Crippen molar-refractivity contribution in [1.29, 1.82) is 0 Å². The van der Waals surface area contributed by atoms with Crippen LogP contribution in [0.25, 0.3) is 6.08 Å². The van der Waals surface area contributed by atoms with Crippen molar-refractivity contribution in [1.82, 2.24) is 10.2 Å². The van der Waals surface area contributed by atoms with E-state index in [0.29, 0.717) is 16.8 Å². The van der Waals surface area contributed by atoms with Crippen molar-refractivity contribution in [2.24, 2.45) is 5.73 Å². The van der Waals surface area contributed by atoms with Gasteiger partial charge in [0, 0.05) is 18.2 Å². The maximum Gasteiger partial charge on any atom is 0.408 e. The average molecular weight is 519 g/mol. The number of aryl methyl sites for hydroxylation is 1. The molecule has 2 aromatic carbocycles. The van der Waals surface area contributed by atoms with Gasteiger partial charge in [0.05, 0.1) is 0 Å². The van der Waals surface area contributed by atoms with Crippen LogP contribution in [0, 0.1) is 19.4 Å². The Morgan fingerprint density at radius 1 is 1.16 bits per heavy atom. The van der Waals surface area contributed by atoms with Crippen molar-refractivity contribution in [3.8, 4) is 12.5 Å². The van der Waals surface area contributed by atoms with Gasteiger partial charge in [0.1, 0.15) is 17.7 Å². The van der Waals surface area contributed by atoms with Crippen LogP contribution in [0.15, 0.2) is 55.1 Å². The van der Waals surface area contributed by atoms with Crippen LogP contribution in [0.2, 0.25) is 0 Å². The first-order chi connectivity index (χ1) is 17.9. The topological polar surface area (TPSA) is 131 Å². The number of alkyl carbamates (subject to hydrolysis) is 1. The lowest BCUT2D eigenvalue weighted by Crippen LogP contribution is -2.51. The lowest BCUT2D eigenvalue weighted by atomic mass is 10.00. The number of primary amides is 1. The second kappa shape index (κ2) is 13.1. The van der Waals surface area contributed by atoms with Crippen molar-refractivity contribution < 1.29 is 23.9 Å². The largest absolute Gasteiger partial charge is 0.444 e. The van der Waals surface area contributed by atoms with Gasteiger partial charge in [0.2, 0.25) is 5.91 Å². The SMILES string of the molecule is C#CN(C(=O)C(CCC(N)=O)NC(=O)OC(C)(C)C)C(C(=O)Nc1ccccc1C)c1cccc(C=C)c1. The fourth-order valence-electron chi connectivity index (χ4n) is 3.62. The van der Waals surface area contributed by atoms with Gasteiger partial charge in [-0.25, -0.2) is 4.79 Å². The standard InChI is InChI=1S/C29H34N4O5/c1-7-20-13-11-14-21(18-20)25(26(35)31-22-15-10-9-12-19(22)3)33(8-2)27(36)23(16-17-24(30)34)32-28(37)38-29(4,5)6/h2,7,9-15,18,23,25H,1,16-17H2,3-6H3,(H2,30,34)(H,31,35)(H,32,37). The molecule has 2 aromatic rings. The molecule has 200 valence electrons. The Hall–Kier alpha value is -4.58. The Balaban J connectivity index is 2.51. The number of hydrogen-bond donors (Lipinski definition) is 3. The number of amides is 4. The second-order valence-electron chi connectivity index (χ2n) is 9.62. The van der Waals surface area contributed by atoms with Crippen molar-refractivity contribution in [2.75, 3.05) is 5.32 Å². The maximum atomic E-state index is 13.7. The van der Waals surface area contributed by atoms with E-state index in [2.05, 4.69) is 23.3 Å². The van der Waals surface area contributed by atoms with Crippen LogP contribution >= 0.6 is 0 Å². The van der Waals surface area contributed by atoms with E-state index < -0.39 is 41.5 Å². The molecule has 0 aromatic heterocycles. The van der Waals surface area contributed by atoms with E-state index in [1.165, 1.54) is 0 Å². The first kappa shape index (κ1) is 29.6. The van der Waals surface area contributed by atoms with Gasteiger partial charge in [-0.2, -0.15) is 0 Å². The van der Waals surface area contributed by atoms with E-state index in [0.717, 1.165) is 10.5 Å². The van der Waals surface area contributed by atoms with Gasteiger partial charge < -0.3 is 21.1 Å². The Labute approximate surface area is 223 Å². The third kappa shape index (κ3) is 8.52. The van der Waals surface area contributed by atoms with Crippen molar-refractivity contribution in [3.63, 3.8) is 0 Å². The summed E-state index contributed by atoms with van der Waals surface area (Å²) in [6.45, 7) is 10.6. The monoisotopic (exact) mass is 518 g/mol. The molecule has 2 rings (SSSR count). The summed E-state index contributed by atoms with van der Waals surface area (Å²) in [7, 11) is 0. The van der Waals surface area contributed by atoms with Crippen LogP contribution in [0.4, 0.5) is 10.5 Å². The van der Waals surface area contributed by atoms with Crippen LogP contribution in [-0.4, -0.2) is 40.4 Å². The number of carbonyl (C=O) groups is 4. The molecule has 0 spiro atoms. The highest BCUT2D eigenvalue weighted by atomic mass is 16.6. The van der Waals surface area contributed by atoms with Gasteiger partial charge in [0.25, 0.3) is 11.8 Å². The molecule has 0 saturated carbocycles. The molecule has 2 atom stereocenters. The number of hydrogen-bond acceptors (Lipinski definition) is 5. The molecule has 0 aliphatic heterocycles. The van der Waals surface area contributed by atoms with Gasteiger partial charge in [-0.05, 0) is 62.9 Å². The second-order valence-corrected chi connectivity index (χ2v) is 9.62. The van der Waals surface area contributed by atoms with E-state index in [1.807, 2.05) is 19.1 Å². The fourth-order valence-corrected chi connectivity index (χ4v) is 3.62. The highest BCUT2D eigenvalue weighted by Crippen LogP contribution is 2.26. The Kier molecular flexibility index (Phi) is 10.2. The number of nitrogens with two attached hydrogens (primary N) is 1. The molecule has 0 heterocycles. The summed E-state index contributed by atoms with van der Waals surface area (Å²) in [5.74, 6) is -2.03. The highest BCUT2D eigenvalue weighted by Gasteiger charge is 2.36. The van der Waals surface area contributed by atoms with Crippen molar-refractivity contribution in [2.45, 2.75) is 58.2 Å². The summed E-state index contributed by atoms with van der Waals surface area (Å²) in [5.41, 5.74) is 6.94. The third-order valence-corrected chi connectivity index (χ3v) is 5.42. The summed E-state index contributed by atoms with van der Waals surface area (Å²) < 4.78 is 5.27. The molecule has 38 heavy (non-hydrogen) atoms. The van der Waals surface area contributed by atoms with Crippen molar-refractivity contribution >= 4 is 35.6 Å². The molecule has 0 aliphatic rings. The number of ether oxygens (including phenoxy) is 1. The van der Waals surface area contributed by atoms with Crippen molar-refractivity contribution in [3.05, 3.63) is 71.8 Å². The molecule has 4 N–H and O–H groups in total. The van der Waals surface area contributed by atoms with Crippen LogP contribution in [0.1, 0.15) is 56.3 Å². The number of nitrogens with zero attached hydrogens (tertiary/aromatic N) is 1. The summed E-state index contributed by atoms with van der Waals surface area (Å²) in [6.07, 6.45) is 6.15. The summed E-state index contributed by atoms with van der Waals surface area (Å²) in [4.78, 5) is 52.3. The molecule has 9 heteroatoms. The van der Waals surface area contributed by atoms with Gasteiger partial charge in [0.15, 0.2) is 0 Å². The quantitative estimate of drug-likeness (QED) is 0.324. The minimum Gasteiger partial charge on any atom is -0.444 e. The summed E-state index contributed by atoms with van der Waals surface area (Å²) in [6, 6.07) is 13.7. The van der Waals surface area contributed by atoms with Gasteiger partial charge in [-0.15, -0.1) is 0 Å². The Morgan fingerprint density at radius 2 is 1.84 bits per heavy atom. The van der Waals surface area contributed by atoms with Gasteiger partial charge >= 0.3 is 6.09 Å². The molecule has 0 aliphatic carbocycles. The number of anilines is 1. The minimum atomic E-state index is -1.29. The van der Waals surface area contributed by atoms with E-state index >= 15 is 0 Å². The predicted molar refractivity (Wildman–Crippen MR) is 146 cm³/mol. The molecular weight excluding hydrogens is 484 g/mol. The lowest BCUT2D eigenvalue weighted by Gasteiger charge is -2.30. The number of nitrogens with one attached hydrogen (secondary N) is 2. The minimum absolute atomic E-state index is 0.148. The number of rotatable bonds is 10. The number of terminal acetylenes is 1. The van der Waals surface area contributed by atoms with Crippen LogP contribution in [0.3, 0.4) is 0 Å². The van der Waals surface area contributed by atoms with Crippen LogP contribution in [0.5, 0.6) is 0 Å². The van der Waals surface area contributed by atoms with Crippen LogP contribution < -0.4 is 16.4 Å². The molecule has 2 unspecified atom stereocenters. The fraction of sp³-hybridized carbons (Fsp3) is 0.310. The molecule has 0 radical (unpaired) electrons. The van der Waals surface area contributed by atoms with Crippen LogP contribution in [-0.2, 0) is 19.1 Å². The zero-order valence-corrected chi connectivity index (χ0v) is 22.1. The molecule has 0 fully saturated rings. The Morgan fingerprint density at radius 3 is 2.42 bits per heavy atom. The zero-order valence-electron chi connectivity index (χ0n) is 22.1.